The molecule has 3 rings (SSSR count). The van der Waals surface area contributed by atoms with Crippen LogP contribution >= 0.6 is 0 Å². The molecule has 142 valence electrons. The summed E-state index contributed by atoms with van der Waals surface area (Å²) < 4.78 is 0. The number of anilines is 1. The average Bonchev–Trinajstić information content (AvgIpc) is 2.98. The molecule has 1 atom stereocenters. The topological polar surface area (TPSA) is 70.7 Å². The van der Waals surface area contributed by atoms with Crippen molar-refractivity contribution in [2.24, 2.45) is 16.6 Å². The van der Waals surface area contributed by atoms with Gasteiger partial charge in [-0.2, -0.15) is 0 Å². The lowest BCUT2D eigenvalue weighted by Crippen LogP contribution is -2.28. The fourth-order valence-electron chi connectivity index (χ4n) is 3.56. The summed E-state index contributed by atoms with van der Waals surface area (Å²) in [6.45, 7) is 6.20. The first-order valence-electron chi connectivity index (χ1n) is 9.46. The molecule has 3 N–H and O–H groups in total. The van der Waals surface area contributed by atoms with Gasteiger partial charge in [-0.15, -0.1) is 0 Å². The summed E-state index contributed by atoms with van der Waals surface area (Å²) in [5, 5.41) is 3.15. The van der Waals surface area contributed by atoms with Crippen LogP contribution in [0.4, 0.5) is 5.69 Å². The predicted octanol–water partition coefficient (Wildman–Crippen LogP) is 3.12. The highest BCUT2D eigenvalue weighted by Crippen LogP contribution is 2.19. The third-order valence-corrected chi connectivity index (χ3v) is 4.82. The Morgan fingerprint density at radius 1 is 1.19 bits per heavy atom. The van der Waals surface area contributed by atoms with Gasteiger partial charge in [-0.3, -0.25) is 9.79 Å². The quantitative estimate of drug-likeness (QED) is 0.611. The third-order valence-electron chi connectivity index (χ3n) is 4.82. The van der Waals surface area contributed by atoms with E-state index in [1.54, 1.807) is 0 Å². The van der Waals surface area contributed by atoms with Gasteiger partial charge in [0.2, 0.25) is 5.91 Å². The van der Waals surface area contributed by atoms with Crippen LogP contribution in [0.2, 0.25) is 0 Å². The number of hydrogen-bond acceptors (Lipinski definition) is 2. The standard InChI is InChI=1S/C22H28N4O/c1-16-10-17(2)12-20(11-16)25-22(23)24-14-19-13-21(27)26(15-19)9-8-18-6-4-3-5-7-18/h3-7,10-12,19H,8-9,13-15H2,1-2H3,(H3,23,24,25). The van der Waals surface area contributed by atoms with Crippen LogP contribution in [-0.2, 0) is 11.2 Å². The molecule has 1 saturated heterocycles. The molecule has 2 aromatic carbocycles. The molecule has 0 spiro atoms. The van der Waals surface area contributed by atoms with E-state index in [1.807, 2.05) is 35.2 Å². The summed E-state index contributed by atoms with van der Waals surface area (Å²) in [6.07, 6.45) is 1.44. The van der Waals surface area contributed by atoms with Gasteiger partial charge < -0.3 is 16.0 Å². The number of amides is 1. The largest absolute Gasteiger partial charge is 0.370 e. The summed E-state index contributed by atoms with van der Waals surface area (Å²) in [5.41, 5.74) is 10.6. The SMILES string of the molecule is Cc1cc(C)cc(NC(N)=NCC2CC(=O)N(CCc3ccccc3)C2)c1. The van der Waals surface area contributed by atoms with Crippen molar-refractivity contribution in [2.45, 2.75) is 26.7 Å². The molecule has 1 aliphatic heterocycles. The lowest BCUT2D eigenvalue weighted by molar-refractivity contribution is -0.127. The van der Waals surface area contributed by atoms with Gasteiger partial charge in [-0.05, 0) is 49.1 Å². The molecule has 0 saturated carbocycles. The third kappa shape index (κ3) is 5.58. The number of carbonyl (C=O) groups is 1. The normalized spacial score (nSPS) is 17.4. The van der Waals surface area contributed by atoms with Crippen molar-refractivity contribution in [3.63, 3.8) is 0 Å². The highest BCUT2D eigenvalue weighted by atomic mass is 16.2. The second-order valence-electron chi connectivity index (χ2n) is 7.37. The zero-order valence-corrected chi connectivity index (χ0v) is 16.1. The summed E-state index contributed by atoms with van der Waals surface area (Å²) in [6, 6.07) is 16.5. The molecular weight excluding hydrogens is 336 g/mol. The lowest BCUT2D eigenvalue weighted by atomic mass is 10.1. The van der Waals surface area contributed by atoms with E-state index >= 15 is 0 Å². The number of nitrogens with one attached hydrogen (secondary N) is 1. The first-order chi connectivity index (χ1) is 13.0. The van der Waals surface area contributed by atoms with Crippen LogP contribution in [0.5, 0.6) is 0 Å². The molecule has 0 aliphatic carbocycles. The van der Waals surface area contributed by atoms with Crippen LogP contribution in [-0.4, -0.2) is 36.4 Å². The van der Waals surface area contributed by atoms with Gasteiger partial charge >= 0.3 is 0 Å². The molecule has 1 unspecified atom stereocenters. The van der Waals surface area contributed by atoms with Crippen LogP contribution < -0.4 is 11.1 Å². The Hall–Kier alpha value is -2.82. The second kappa shape index (κ2) is 8.71. The highest BCUT2D eigenvalue weighted by Gasteiger charge is 2.28. The molecule has 2 aromatic rings. The zero-order chi connectivity index (χ0) is 19.2. The Balaban J connectivity index is 1.49. The van der Waals surface area contributed by atoms with Crippen molar-refractivity contribution >= 4 is 17.6 Å². The highest BCUT2D eigenvalue weighted by molar-refractivity contribution is 5.92. The number of aryl methyl sites for hydroxylation is 2. The first-order valence-corrected chi connectivity index (χ1v) is 9.46. The number of likely N-dealkylation sites (tertiary alicyclic amines) is 1. The zero-order valence-electron chi connectivity index (χ0n) is 16.1. The van der Waals surface area contributed by atoms with E-state index in [0.29, 0.717) is 18.9 Å². The van der Waals surface area contributed by atoms with Gasteiger partial charge in [-0.25, -0.2) is 0 Å². The van der Waals surface area contributed by atoms with Crippen molar-refractivity contribution in [1.82, 2.24) is 4.90 Å². The Kier molecular flexibility index (Phi) is 6.12. The van der Waals surface area contributed by atoms with Crippen LogP contribution in [0.15, 0.2) is 53.5 Å². The smallest absolute Gasteiger partial charge is 0.223 e. The molecule has 1 heterocycles. The summed E-state index contributed by atoms with van der Waals surface area (Å²) in [4.78, 5) is 18.6. The number of guanidine groups is 1. The molecule has 1 fully saturated rings. The van der Waals surface area contributed by atoms with E-state index in [1.165, 1.54) is 16.7 Å². The van der Waals surface area contributed by atoms with E-state index < -0.39 is 0 Å². The number of rotatable bonds is 6. The van der Waals surface area contributed by atoms with E-state index in [0.717, 1.165) is 25.2 Å². The van der Waals surface area contributed by atoms with Gasteiger partial charge in [0.05, 0.1) is 0 Å². The number of nitrogens with two attached hydrogens (primary N) is 1. The molecule has 1 amide bonds. The van der Waals surface area contributed by atoms with Crippen molar-refractivity contribution in [3.05, 3.63) is 65.2 Å². The van der Waals surface area contributed by atoms with Gasteiger partial charge in [0.15, 0.2) is 5.96 Å². The van der Waals surface area contributed by atoms with Gasteiger partial charge in [0, 0.05) is 37.7 Å². The van der Waals surface area contributed by atoms with Crippen molar-refractivity contribution in [2.75, 3.05) is 25.0 Å². The van der Waals surface area contributed by atoms with E-state index in [9.17, 15) is 4.79 Å². The number of hydrogen-bond donors (Lipinski definition) is 2. The summed E-state index contributed by atoms with van der Waals surface area (Å²) in [7, 11) is 0. The maximum Gasteiger partial charge on any atom is 0.223 e. The van der Waals surface area contributed by atoms with Crippen molar-refractivity contribution < 1.29 is 4.79 Å². The minimum Gasteiger partial charge on any atom is -0.370 e. The molecule has 5 nitrogen and oxygen atoms in total. The second-order valence-corrected chi connectivity index (χ2v) is 7.37. The number of benzene rings is 2. The molecule has 1 aliphatic rings. The molecule has 0 bridgehead atoms. The molecule has 27 heavy (non-hydrogen) atoms. The number of carbonyl (C=O) groups excluding carboxylic acids is 1. The maximum absolute atomic E-state index is 12.2. The fourth-order valence-corrected chi connectivity index (χ4v) is 3.56. The Morgan fingerprint density at radius 3 is 2.59 bits per heavy atom. The van der Waals surface area contributed by atoms with Crippen molar-refractivity contribution in [3.8, 4) is 0 Å². The monoisotopic (exact) mass is 364 g/mol. The Bertz CT molecular complexity index is 796. The number of nitrogens with zero attached hydrogens (tertiary/aromatic N) is 2. The maximum atomic E-state index is 12.2. The minimum absolute atomic E-state index is 0.215. The van der Waals surface area contributed by atoms with Gasteiger partial charge in [-0.1, -0.05) is 36.4 Å². The van der Waals surface area contributed by atoms with Crippen LogP contribution in [0.3, 0.4) is 0 Å². The van der Waals surface area contributed by atoms with Crippen LogP contribution in [0.1, 0.15) is 23.1 Å². The summed E-state index contributed by atoms with van der Waals surface area (Å²) >= 11 is 0. The van der Waals surface area contributed by atoms with Crippen LogP contribution in [0, 0.1) is 19.8 Å². The first kappa shape index (κ1) is 19.0. The molecule has 0 aromatic heterocycles. The van der Waals surface area contributed by atoms with E-state index in [-0.39, 0.29) is 11.8 Å². The fraction of sp³-hybridized carbons (Fsp3) is 0.364. The Labute approximate surface area is 161 Å². The number of aliphatic imine (C=N–C) groups is 1. The molecule has 5 heteroatoms. The van der Waals surface area contributed by atoms with E-state index in [4.69, 9.17) is 5.73 Å². The van der Waals surface area contributed by atoms with Gasteiger partial charge in [0.25, 0.3) is 0 Å². The minimum atomic E-state index is 0.215. The van der Waals surface area contributed by atoms with E-state index in [2.05, 4.69) is 42.4 Å². The summed E-state index contributed by atoms with van der Waals surface area (Å²) in [5.74, 6) is 0.843. The molecule has 0 radical (unpaired) electrons. The van der Waals surface area contributed by atoms with Gasteiger partial charge in [0.1, 0.15) is 0 Å². The molecular formula is C22H28N4O. The average molecular weight is 364 g/mol. The van der Waals surface area contributed by atoms with Crippen molar-refractivity contribution in [1.29, 1.82) is 0 Å². The Morgan fingerprint density at radius 2 is 1.89 bits per heavy atom. The predicted molar refractivity (Wildman–Crippen MR) is 111 cm³/mol. The van der Waals surface area contributed by atoms with Crippen LogP contribution in [0.25, 0.3) is 0 Å². The lowest BCUT2D eigenvalue weighted by Gasteiger charge is -2.16.